The van der Waals surface area contributed by atoms with Crippen LogP contribution < -0.4 is 10.6 Å². The number of halogens is 1. The Bertz CT molecular complexity index is 1370. The van der Waals surface area contributed by atoms with Gasteiger partial charge >= 0.3 is 12.1 Å². The molecule has 2 fully saturated rings. The zero-order valence-electron chi connectivity index (χ0n) is 23.8. The molecule has 43 heavy (non-hydrogen) atoms. The summed E-state index contributed by atoms with van der Waals surface area (Å²) in [7, 11) is 0. The number of benzene rings is 2. The Morgan fingerprint density at radius 2 is 1.88 bits per heavy atom. The molecule has 12 heteroatoms. The van der Waals surface area contributed by atoms with E-state index in [1.54, 1.807) is 9.91 Å². The molecule has 4 rings (SSSR count). The van der Waals surface area contributed by atoms with Gasteiger partial charge in [0.15, 0.2) is 0 Å². The van der Waals surface area contributed by atoms with Crippen molar-refractivity contribution in [1.29, 1.82) is 0 Å². The molecule has 0 aromatic heterocycles. The first kappa shape index (κ1) is 31.6. The number of fused-ring (bicyclic) bond motifs is 1. The highest BCUT2D eigenvalue weighted by molar-refractivity contribution is 9.10. The summed E-state index contributed by atoms with van der Waals surface area (Å²) >= 11 is 3.48. The fraction of sp³-hybridized carbons (Fsp3) is 0.355. The average molecular weight is 652 g/mol. The van der Waals surface area contributed by atoms with Crippen LogP contribution in [0.25, 0.3) is 0 Å². The van der Waals surface area contributed by atoms with Crippen LogP contribution >= 0.6 is 15.9 Å². The highest BCUT2D eigenvalue weighted by Gasteiger charge is 2.51. The van der Waals surface area contributed by atoms with Crippen LogP contribution in [0.15, 0.2) is 71.7 Å². The lowest BCUT2D eigenvalue weighted by Gasteiger charge is -2.55. The van der Waals surface area contributed by atoms with E-state index < -0.39 is 24.3 Å². The van der Waals surface area contributed by atoms with E-state index >= 15 is 0 Å². The molecular formula is C31H35BrN6O5. The van der Waals surface area contributed by atoms with Crippen molar-refractivity contribution in [1.82, 2.24) is 30.5 Å². The molecule has 2 aliphatic heterocycles. The summed E-state index contributed by atoms with van der Waals surface area (Å²) in [5.74, 6) is 2.02. The number of urea groups is 1. The van der Waals surface area contributed by atoms with Gasteiger partial charge in [-0.15, -0.1) is 6.42 Å². The van der Waals surface area contributed by atoms with Crippen molar-refractivity contribution in [2.45, 2.75) is 38.1 Å². The van der Waals surface area contributed by atoms with Crippen LogP contribution in [0.3, 0.4) is 0 Å². The van der Waals surface area contributed by atoms with Gasteiger partial charge in [0.05, 0.1) is 19.6 Å². The van der Waals surface area contributed by atoms with Crippen LogP contribution in [-0.2, 0) is 27.4 Å². The predicted molar refractivity (Wildman–Crippen MR) is 164 cm³/mol. The lowest BCUT2D eigenvalue weighted by atomic mass is 10.0. The van der Waals surface area contributed by atoms with Crippen LogP contribution in [0.4, 0.5) is 9.59 Å². The molecule has 0 spiro atoms. The number of amides is 5. The summed E-state index contributed by atoms with van der Waals surface area (Å²) in [4.78, 5) is 56.2. The van der Waals surface area contributed by atoms with Gasteiger partial charge in [0.25, 0.3) is 0 Å². The third-order valence-corrected chi connectivity index (χ3v) is 7.61. The summed E-state index contributed by atoms with van der Waals surface area (Å²) in [6.07, 6.45) is 6.39. The standard InChI is InChI=1S/C31H35BrN6O5/c1-3-16-36-22-28(39)37-26(14-9-15-33-31(42)43-17-4-2)29(40)35(20-24-12-8-13-25(32)18-24)21-27(37)38(36)30(41)34-19-23-10-6-5-7-11-23/h1,4-8,10-13,18,26-27H,2,9,14-17,19-22H2,(H,33,42)(H,34,41)/t26-,27-/m0/s1. The van der Waals surface area contributed by atoms with E-state index in [0.29, 0.717) is 6.42 Å². The number of terminal acetylenes is 1. The summed E-state index contributed by atoms with van der Waals surface area (Å²) in [6.45, 7) is 4.38. The predicted octanol–water partition coefficient (Wildman–Crippen LogP) is 3.08. The number of hydrogen-bond donors (Lipinski definition) is 2. The van der Waals surface area contributed by atoms with E-state index in [4.69, 9.17) is 11.2 Å². The second-order valence-electron chi connectivity index (χ2n) is 10.1. The summed E-state index contributed by atoms with van der Waals surface area (Å²) in [6, 6.07) is 15.8. The topological polar surface area (TPSA) is 115 Å². The van der Waals surface area contributed by atoms with Crippen LogP contribution in [0.1, 0.15) is 24.0 Å². The molecule has 2 N–H and O–H groups in total. The van der Waals surface area contributed by atoms with Crippen LogP contribution in [0.5, 0.6) is 0 Å². The molecule has 0 aliphatic carbocycles. The molecule has 11 nitrogen and oxygen atoms in total. The first-order valence-electron chi connectivity index (χ1n) is 14.0. The summed E-state index contributed by atoms with van der Waals surface area (Å²) in [5, 5.41) is 8.61. The fourth-order valence-electron chi connectivity index (χ4n) is 5.24. The summed E-state index contributed by atoms with van der Waals surface area (Å²) in [5.41, 5.74) is 1.81. The molecule has 0 unspecified atom stereocenters. The number of nitrogens with zero attached hydrogens (tertiary/aromatic N) is 4. The van der Waals surface area contributed by atoms with Crippen LogP contribution in [0, 0.1) is 12.3 Å². The number of hydrogen-bond acceptors (Lipinski definition) is 6. The lowest BCUT2D eigenvalue weighted by Crippen LogP contribution is -2.76. The van der Waals surface area contributed by atoms with E-state index in [0.717, 1.165) is 15.6 Å². The number of carbonyl (C=O) groups excluding carboxylic acids is 4. The van der Waals surface area contributed by atoms with Crippen molar-refractivity contribution in [3.05, 3.63) is 82.9 Å². The molecule has 5 amide bonds. The minimum Gasteiger partial charge on any atom is -0.445 e. The fourth-order valence-corrected chi connectivity index (χ4v) is 5.68. The Morgan fingerprint density at radius 1 is 1.12 bits per heavy atom. The van der Waals surface area contributed by atoms with E-state index in [1.165, 1.54) is 16.0 Å². The van der Waals surface area contributed by atoms with Gasteiger partial charge in [-0.3, -0.25) is 9.59 Å². The zero-order valence-corrected chi connectivity index (χ0v) is 25.4. The van der Waals surface area contributed by atoms with Gasteiger partial charge in [0, 0.05) is 24.1 Å². The second kappa shape index (κ2) is 15.2. The summed E-state index contributed by atoms with van der Waals surface area (Å²) < 4.78 is 5.82. The molecule has 2 aromatic rings. The minimum absolute atomic E-state index is 0.0375. The molecule has 2 atom stereocenters. The van der Waals surface area contributed by atoms with Crippen molar-refractivity contribution in [2.24, 2.45) is 0 Å². The Labute approximate surface area is 259 Å². The van der Waals surface area contributed by atoms with Gasteiger partial charge < -0.3 is 25.2 Å². The first-order chi connectivity index (χ1) is 20.8. The highest BCUT2D eigenvalue weighted by atomic mass is 79.9. The third kappa shape index (κ3) is 8.15. The Hall–Kier alpha value is -4.34. The molecule has 2 saturated heterocycles. The number of rotatable bonds is 11. The number of ether oxygens (including phenoxy) is 1. The highest BCUT2D eigenvalue weighted by Crippen LogP contribution is 2.29. The van der Waals surface area contributed by atoms with Crippen molar-refractivity contribution >= 4 is 39.9 Å². The number of piperazine rings is 1. The Kier molecular flexibility index (Phi) is 11.2. The maximum Gasteiger partial charge on any atom is 0.407 e. The molecule has 0 radical (unpaired) electrons. The average Bonchev–Trinajstić information content (AvgIpc) is 2.99. The normalized spacial score (nSPS) is 18.5. The Balaban J connectivity index is 1.59. The molecule has 226 valence electrons. The molecule has 2 heterocycles. The monoisotopic (exact) mass is 650 g/mol. The van der Waals surface area contributed by atoms with E-state index in [2.05, 4.69) is 39.1 Å². The van der Waals surface area contributed by atoms with Crippen LogP contribution in [-0.4, -0.2) is 88.7 Å². The van der Waals surface area contributed by atoms with Crippen molar-refractivity contribution in [2.75, 3.05) is 32.8 Å². The van der Waals surface area contributed by atoms with E-state index in [-0.39, 0.29) is 64.1 Å². The second-order valence-corrected chi connectivity index (χ2v) is 11.0. The number of nitrogens with one attached hydrogen (secondary N) is 2. The SMILES string of the molecule is C#CCN1CC(=O)N2[C@@H](CCCNC(=O)OCC=C)C(=O)N(Cc3cccc(Br)c3)C[C@@H]2N1C(=O)NCc1ccccc1. The van der Waals surface area contributed by atoms with Gasteiger partial charge in [0.2, 0.25) is 11.8 Å². The minimum atomic E-state index is -0.846. The molecule has 2 aliphatic rings. The maximum atomic E-state index is 13.9. The maximum absolute atomic E-state index is 13.9. The smallest absolute Gasteiger partial charge is 0.407 e. The van der Waals surface area contributed by atoms with Gasteiger partial charge in [0.1, 0.15) is 18.8 Å². The quantitative estimate of drug-likeness (QED) is 0.220. The molecule has 2 aromatic carbocycles. The lowest BCUT2D eigenvalue weighted by molar-refractivity contribution is -0.189. The van der Waals surface area contributed by atoms with Gasteiger partial charge in [-0.25, -0.2) is 14.6 Å². The van der Waals surface area contributed by atoms with E-state index in [9.17, 15) is 19.2 Å². The first-order valence-corrected chi connectivity index (χ1v) is 14.8. The van der Waals surface area contributed by atoms with Crippen LogP contribution in [0.2, 0.25) is 0 Å². The third-order valence-electron chi connectivity index (χ3n) is 7.12. The van der Waals surface area contributed by atoms with Crippen molar-refractivity contribution in [3.8, 4) is 12.3 Å². The largest absolute Gasteiger partial charge is 0.445 e. The van der Waals surface area contributed by atoms with Crippen molar-refractivity contribution < 1.29 is 23.9 Å². The number of hydrazine groups is 1. The van der Waals surface area contributed by atoms with Gasteiger partial charge in [-0.2, -0.15) is 5.01 Å². The van der Waals surface area contributed by atoms with E-state index in [1.807, 2.05) is 54.6 Å². The Morgan fingerprint density at radius 3 is 2.60 bits per heavy atom. The molecular weight excluding hydrogens is 616 g/mol. The van der Waals surface area contributed by atoms with Gasteiger partial charge in [-0.1, -0.05) is 77.0 Å². The van der Waals surface area contributed by atoms with Crippen molar-refractivity contribution in [3.63, 3.8) is 0 Å². The number of alkyl carbamates (subject to hydrolysis) is 1. The van der Waals surface area contributed by atoms with Gasteiger partial charge in [-0.05, 0) is 36.1 Å². The zero-order chi connectivity index (χ0) is 30.8. The number of carbonyl (C=O) groups is 4. The molecule has 0 saturated carbocycles. The molecule has 0 bridgehead atoms.